The predicted molar refractivity (Wildman–Crippen MR) is 89.0 cm³/mol. The molecule has 0 aromatic heterocycles. The molecule has 0 atom stereocenters. The summed E-state index contributed by atoms with van der Waals surface area (Å²) in [7, 11) is -0.650. The molecule has 1 aromatic carbocycles. The van der Waals surface area contributed by atoms with Crippen LogP contribution in [-0.4, -0.2) is 24.9 Å². The van der Waals surface area contributed by atoms with Crippen LogP contribution >= 0.6 is 0 Å². The highest BCUT2D eigenvalue weighted by atomic mass is 19.4. The maximum atomic E-state index is 12.8. The van der Waals surface area contributed by atoms with Gasteiger partial charge in [0.25, 0.3) is 0 Å². The van der Waals surface area contributed by atoms with Gasteiger partial charge in [0, 0.05) is 12.2 Å². The molecule has 0 unspecified atom stereocenters. The van der Waals surface area contributed by atoms with Crippen molar-refractivity contribution in [2.45, 2.75) is 45.1 Å². The van der Waals surface area contributed by atoms with E-state index >= 15 is 0 Å². The molecule has 4 N–H and O–H groups in total. The Labute approximate surface area is 140 Å². The standard InChI is InChI=1S/C16H22BF3N2O2/c1-14(2)15(3,4)24-17(23-14)11(9-21)7-10-5-6-12(13(22)8-10)16(18,19)20/h5-8H,9,21-22H2,1-4H3. The van der Waals surface area contributed by atoms with Gasteiger partial charge in [0.1, 0.15) is 0 Å². The smallest absolute Gasteiger partial charge is 0.400 e. The first-order chi connectivity index (χ1) is 10.9. The second-order valence-electron chi connectivity index (χ2n) is 6.86. The highest BCUT2D eigenvalue weighted by Gasteiger charge is 2.52. The molecule has 4 nitrogen and oxygen atoms in total. The van der Waals surface area contributed by atoms with Gasteiger partial charge in [-0.15, -0.1) is 0 Å². The first-order valence-corrected chi connectivity index (χ1v) is 7.60. The van der Waals surface area contributed by atoms with Crippen molar-refractivity contribution in [1.29, 1.82) is 0 Å². The Bertz CT molecular complexity index is 641. The second-order valence-corrected chi connectivity index (χ2v) is 6.86. The Balaban J connectivity index is 2.31. The van der Waals surface area contributed by atoms with E-state index in [2.05, 4.69) is 0 Å². The van der Waals surface area contributed by atoms with Gasteiger partial charge in [-0.05, 0) is 50.9 Å². The number of halogens is 3. The predicted octanol–water partition coefficient (Wildman–Crippen LogP) is 3.26. The lowest BCUT2D eigenvalue weighted by atomic mass is 9.77. The third kappa shape index (κ3) is 3.60. The van der Waals surface area contributed by atoms with E-state index < -0.39 is 30.1 Å². The first kappa shape index (κ1) is 18.8. The van der Waals surface area contributed by atoms with Crippen LogP contribution in [0.25, 0.3) is 6.08 Å². The molecule has 0 spiro atoms. The molecular weight excluding hydrogens is 320 g/mol. The largest absolute Gasteiger partial charge is 0.491 e. The Morgan fingerprint density at radius 3 is 2.12 bits per heavy atom. The normalized spacial score (nSPS) is 20.5. The van der Waals surface area contributed by atoms with Crippen molar-refractivity contribution >= 4 is 18.9 Å². The van der Waals surface area contributed by atoms with Crippen molar-refractivity contribution in [2.75, 3.05) is 12.3 Å². The molecule has 0 aliphatic carbocycles. The van der Waals surface area contributed by atoms with Crippen LogP contribution in [0.4, 0.5) is 18.9 Å². The van der Waals surface area contributed by atoms with Crippen molar-refractivity contribution in [3.8, 4) is 0 Å². The molecule has 0 bridgehead atoms. The van der Waals surface area contributed by atoms with Crippen LogP contribution in [0.2, 0.25) is 0 Å². The van der Waals surface area contributed by atoms with Gasteiger partial charge in [-0.1, -0.05) is 12.1 Å². The van der Waals surface area contributed by atoms with E-state index in [9.17, 15) is 13.2 Å². The van der Waals surface area contributed by atoms with E-state index in [0.717, 1.165) is 6.07 Å². The zero-order valence-corrected chi connectivity index (χ0v) is 14.2. The number of hydrogen-bond acceptors (Lipinski definition) is 4. The fraction of sp³-hybridized carbons (Fsp3) is 0.500. The van der Waals surface area contributed by atoms with Crippen LogP contribution in [-0.2, 0) is 15.5 Å². The van der Waals surface area contributed by atoms with Crippen LogP contribution in [0.1, 0.15) is 38.8 Å². The summed E-state index contributed by atoms with van der Waals surface area (Å²) in [5.41, 5.74) is 10.2. The zero-order chi connectivity index (χ0) is 18.3. The molecule has 0 radical (unpaired) electrons. The molecule has 1 fully saturated rings. The third-order valence-corrected chi connectivity index (χ3v) is 4.52. The van der Waals surface area contributed by atoms with Crippen molar-refractivity contribution < 1.29 is 22.5 Å². The Morgan fingerprint density at radius 1 is 1.17 bits per heavy atom. The minimum Gasteiger partial charge on any atom is -0.400 e. The number of alkyl halides is 3. The number of benzene rings is 1. The van der Waals surface area contributed by atoms with E-state index in [0.29, 0.717) is 11.0 Å². The SMILES string of the molecule is CC1(C)OB(C(=Cc2ccc(C(F)(F)F)c(N)c2)CN)OC1(C)C. The number of nitrogen functional groups attached to an aromatic ring is 1. The average Bonchev–Trinajstić information content (AvgIpc) is 2.63. The first-order valence-electron chi connectivity index (χ1n) is 7.60. The van der Waals surface area contributed by atoms with Crippen molar-refractivity contribution in [3.63, 3.8) is 0 Å². The highest BCUT2D eigenvalue weighted by Crippen LogP contribution is 2.39. The van der Waals surface area contributed by atoms with Crippen LogP contribution < -0.4 is 11.5 Å². The van der Waals surface area contributed by atoms with Gasteiger partial charge in [-0.25, -0.2) is 0 Å². The van der Waals surface area contributed by atoms with E-state index in [4.69, 9.17) is 20.8 Å². The van der Waals surface area contributed by atoms with Gasteiger partial charge in [-0.2, -0.15) is 13.2 Å². The van der Waals surface area contributed by atoms with E-state index in [1.54, 1.807) is 6.08 Å². The van der Waals surface area contributed by atoms with Gasteiger partial charge in [-0.3, -0.25) is 0 Å². The molecule has 1 aliphatic heterocycles. The van der Waals surface area contributed by atoms with Crippen molar-refractivity contribution in [3.05, 3.63) is 34.8 Å². The van der Waals surface area contributed by atoms with Crippen molar-refractivity contribution in [2.24, 2.45) is 5.73 Å². The quantitative estimate of drug-likeness (QED) is 0.653. The Morgan fingerprint density at radius 2 is 1.71 bits per heavy atom. The Kier molecular flexibility index (Phi) is 4.78. The molecule has 2 rings (SSSR count). The fourth-order valence-corrected chi connectivity index (χ4v) is 2.36. The summed E-state index contributed by atoms with van der Waals surface area (Å²) >= 11 is 0. The molecule has 1 aromatic rings. The lowest BCUT2D eigenvalue weighted by Crippen LogP contribution is -2.41. The lowest BCUT2D eigenvalue weighted by Gasteiger charge is -2.32. The minimum atomic E-state index is -4.48. The molecular formula is C16H22BF3N2O2. The van der Waals surface area contributed by atoms with E-state index in [1.165, 1.54) is 12.1 Å². The summed E-state index contributed by atoms with van der Waals surface area (Å²) in [4.78, 5) is 0. The van der Waals surface area contributed by atoms with Crippen LogP contribution in [0.5, 0.6) is 0 Å². The molecule has 1 aliphatic rings. The number of nitrogens with two attached hydrogens (primary N) is 2. The van der Waals surface area contributed by atoms with Crippen LogP contribution in [0, 0.1) is 0 Å². The number of rotatable bonds is 3. The number of anilines is 1. The van der Waals surface area contributed by atoms with Gasteiger partial charge in [0.05, 0.1) is 16.8 Å². The van der Waals surface area contributed by atoms with Crippen molar-refractivity contribution in [1.82, 2.24) is 0 Å². The molecule has 1 saturated heterocycles. The van der Waals surface area contributed by atoms with Gasteiger partial charge in [0.2, 0.25) is 0 Å². The fourth-order valence-electron chi connectivity index (χ4n) is 2.36. The molecule has 8 heteroatoms. The van der Waals surface area contributed by atoms with E-state index in [-0.39, 0.29) is 12.2 Å². The molecule has 24 heavy (non-hydrogen) atoms. The summed E-state index contributed by atoms with van der Waals surface area (Å²) in [5, 5.41) is 0. The highest BCUT2D eigenvalue weighted by molar-refractivity contribution is 6.55. The van der Waals surface area contributed by atoms with E-state index in [1.807, 2.05) is 27.7 Å². The van der Waals surface area contributed by atoms with Gasteiger partial charge in [0.15, 0.2) is 0 Å². The molecule has 0 saturated carbocycles. The lowest BCUT2D eigenvalue weighted by molar-refractivity contribution is -0.136. The molecule has 0 amide bonds. The van der Waals surface area contributed by atoms with Gasteiger partial charge >= 0.3 is 13.3 Å². The van der Waals surface area contributed by atoms with Crippen LogP contribution in [0.15, 0.2) is 23.7 Å². The average molecular weight is 342 g/mol. The summed E-state index contributed by atoms with van der Waals surface area (Å²) < 4.78 is 50.1. The maximum absolute atomic E-state index is 12.8. The zero-order valence-electron chi connectivity index (χ0n) is 14.2. The van der Waals surface area contributed by atoms with Gasteiger partial charge < -0.3 is 20.8 Å². The minimum absolute atomic E-state index is 0.151. The topological polar surface area (TPSA) is 70.5 Å². The summed E-state index contributed by atoms with van der Waals surface area (Å²) in [5.74, 6) is 0. The number of hydrogen-bond donors (Lipinski definition) is 2. The molecule has 132 valence electrons. The summed E-state index contributed by atoms with van der Waals surface area (Å²) in [6.45, 7) is 7.81. The summed E-state index contributed by atoms with van der Waals surface area (Å²) in [6, 6.07) is 3.57. The second kappa shape index (κ2) is 6.09. The summed E-state index contributed by atoms with van der Waals surface area (Å²) in [6.07, 6.45) is -2.83. The third-order valence-electron chi connectivity index (χ3n) is 4.52. The molecule has 1 heterocycles. The maximum Gasteiger partial charge on any atom is 0.491 e. The Hall–Kier alpha value is -1.51. The monoisotopic (exact) mass is 342 g/mol. The van der Waals surface area contributed by atoms with Crippen LogP contribution in [0.3, 0.4) is 0 Å².